The molecule has 1 fully saturated rings. The van der Waals surface area contributed by atoms with Crippen LogP contribution in [0.4, 0.5) is 16.2 Å². The van der Waals surface area contributed by atoms with Crippen molar-refractivity contribution in [3.8, 4) is 22.5 Å². The molecule has 6 aromatic rings. The summed E-state index contributed by atoms with van der Waals surface area (Å²) in [6.07, 6.45) is 3.64. The van der Waals surface area contributed by atoms with Gasteiger partial charge in [-0.25, -0.2) is 14.8 Å². The number of benzene rings is 2. The molecule has 0 spiro atoms. The maximum Gasteiger partial charge on any atom is 0.410 e. The standard InChI is InChI=1S/C23H29N5O2.C14H10ClN3O2/c1-23(2,3)30-22(29)27-14-12-26(13-15-27)16-19-21(17-8-4-5-9-18(17)24)25-20-10-6-7-11-28(19)20;15-9-12-14(16-13-7-3-4-8-17(12)13)10-5-1-2-6-11(10)18(19)20/h4-11H,12-16,24H2,1-3H3;1-8H,9H2. The van der Waals surface area contributed by atoms with Crippen molar-refractivity contribution in [2.45, 2.75) is 38.8 Å². The normalized spacial score (nSPS) is 13.6. The first-order valence-electron chi connectivity index (χ1n) is 16.3. The maximum atomic E-state index is 12.3. The molecule has 1 amide bonds. The van der Waals surface area contributed by atoms with Crippen molar-refractivity contribution in [3.05, 3.63) is 119 Å². The van der Waals surface area contributed by atoms with E-state index in [1.54, 1.807) is 23.1 Å². The van der Waals surface area contributed by atoms with Crippen molar-refractivity contribution < 1.29 is 14.5 Å². The molecule has 0 saturated carbocycles. The number of alkyl halides is 1. The Hall–Kier alpha value is -5.46. The van der Waals surface area contributed by atoms with E-state index >= 15 is 0 Å². The number of nitro groups is 1. The number of imidazole rings is 2. The molecule has 2 N–H and O–H groups in total. The predicted molar refractivity (Wildman–Crippen MR) is 195 cm³/mol. The number of fused-ring (bicyclic) bond motifs is 2. The number of anilines is 1. The SMILES string of the molecule is CC(C)(C)OC(=O)N1CCN(Cc2c(-c3ccccc3N)nc3ccccn23)CC1.O=[N+]([O-])c1ccccc1-c1nc2ccccn2c1CCl. The lowest BCUT2D eigenvalue weighted by molar-refractivity contribution is -0.384. The molecule has 258 valence electrons. The Morgan fingerprint density at radius 2 is 1.36 bits per heavy atom. The molecule has 2 aromatic carbocycles. The van der Waals surface area contributed by atoms with E-state index in [1.165, 1.54) is 6.07 Å². The van der Waals surface area contributed by atoms with Gasteiger partial charge in [0.05, 0.1) is 33.4 Å². The van der Waals surface area contributed by atoms with Crippen LogP contribution in [0.3, 0.4) is 0 Å². The molecule has 0 aliphatic carbocycles. The minimum atomic E-state index is -0.477. The third-order valence-electron chi connectivity index (χ3n) is 8.35. The van der Waals surface area contributed by atoms with Crippen LogP contribution in [0.25, 0.3) is 33.8 Å². The van der Waals surface area contributed by atoms with Gasteiger partial charge in [-0.1, -0.05) is 42.5 Å². The summed E-state index contributed by atoms with van der Waals surface area (Å²) in [5.41, 5.74) is 12.9. The lowest BCUT2D eigenvalue weighted by atomic mass is 10.1. The van der Waals surface area contributed by atoms with Gasteiger partial charge in [-0.3, -0.25) is 15.0 Å². The number of ether oxygens (including phenoxy) is 1. The third-order valence-corrected chi connectivity index (χ3v) is 8.61. The maximum absolute atomic E-state index is 12.3. The number of carbonyl (C=O) groups excluding carboxylic acids is 1. The highest BCUT2D eigenvalue weighted by Gasteiger charge is 2.27. The smallest absolute Gasteiger partial charge is 0.410 e. The zero-order valence-electron chi connectivity index (χ0n) is 28.2. The van der Waals surface area contributed by atoms with Crippen LogP contribution in [0.5, 0.6) is 0 Å². The van der Waals surface area contributed by atoms with Gasteiger partial charge in [0.25, 0.3) is 5.69 Å². The Morgan fingerprint density at radius 3 is 1.94 bits per heavy atom. The van der Waals surface area contributed by atoms with E-state index in [0.29, 0.717) is 24.3 Å². The fourth-order valence-electron chi connectivity index (χ4n) is 5.98. The summed E-state index contributed by atoms with van der Waals surface area (Å²) in [5.74, 6) is 0.229. The van der Waals surface area contributed by atoms with Gasteiger partial charge in [-0.2, -0.15) is 0 Å². The highest BCUT2D eigenvalue weighted by Crippen LogP contribution is 2.33. The molecule has 1 aliphatic rings. The average Bonchev–Trinajstić information content (AvgIpc) is 3.66. The lowest BCUT2D eigenvalue weighted by Gasteiger charge is -2.35. The predicted octanol–water partition coefficient (Wildman–Crippen LogP) is 7.28. The molecule has 12 nitrogen and oxygen atoms in total. The van der Waals surface area contributed by atoms with E-state index in [2.05, 4.69) is 14.3 Å². The van der Waals surface area contributed by atoms with Crippen molar-refractivity contribution in [2.75, 3.05) is 31.9 Å². The Bertz CT molecular complexity index is 2150. The first kappa shape index (κ1) is 34.4. The lowest BCUT2D eigenvalue weighted by Crippen LogP contribution is -2.49. The Kier molecular flexibility index (Phi) is 10.0. The van der Waals surface area contributed by atoms with Crippen LogP contribution < -0.4 is 5.73 Å². The molecule has 1 saturated heterocycles. The third kappa shape index (κ3) is 7.41. The molecular weight excluding hydrogens is 656 g/mol. The molecule has 0 radical (unpaired) electrons. The van der Waals surface area contributed by atoms with Gasteiger partial charge in [0, 0.05) is 62.4 Å². The number of rotatable bonds is 6. The number of amides is 1. The largest absolute Gasteiger partial charge is 0.444 e. The van der Waals surface area contributed by atoms with Crippen molar-refractivity contribution in [2.24, 2.45) is 0 Å². The number of halogens is 1. The van der Waals surface area contributed by atoms with E-state index in [-0.39, 0.29) is 17.7 Å². The number of piperazine rings is 1. The second kappa shape index (κ2) is 14.6. The summed E-state index contributed by atoms with van der Waals surface area (Å²) in [5, 5.41) is 11.1. The fraction of sp³-hybridized carbons (Fsp3) is 0.270. The zero-order valence-corrected chi connectivity index (χ0v) is 29.0. The van der Waals surface area contributed by atoms with Crippen LogP contribution in [0, 0.1) is 10.1 Å². The van der Waals surface area contributed by atoms with E-state index in [1.807, 2.05) is 98.2 Å². The fourth-order valence-corrected chi connectivity index (χ4v) is 6.23. The van der Waals surface area contributed by atoms with Gasteiger partial charge in [-0.05, 0) is 57.2 Å². The summed E-state index contributed by atoms with van der Waals surface area (Å²) >= 11 is 6.00. The monoisotopic (exact) mass is 694 g/mol. The number of nitrogens with zero attached hydrogens (tertiary/aromatic N) is 7. The van der Waals surface area contributed by atoms with Crippen molar-refractivity contribution >= 4 is 40.4 Å². The Labute approximate surface area is 294 Å². The Morgan fingerprint density at radius 1 is 0.820 bits per heavy atom. The Balaban J connectivity index is 0.000000187. The van der Waals surface area contributed by atoms with Crippen LogP contribution in [0.15, 0.2) is 97.3 Å². The molecule has 4 aromatic heterocycles. The van der Waals surface area contributed by atoms with Crippen LogP contribution >= 0.6 is 11.6 Å². The van der Waals surface area contributed by atoms with E-state index in [0.717, 1.165) is 59.3 Å². The van der Waals surface area contributed by atoms with Crippen molar-refractivity contribution in [3.63, 3.8) is 0 Å². The van der Waals surface area contributed by atoms with Crippen LogP contribution in [-0.4, -0.2) is 71.4 Å². The van der Waals surface area contributed by atoms with Crippen LogP contribution in [-0.2, 0) is 17.2 Å². The molecule has 5 heterocycles. The van der Waals surface area contributed by atoms with Gasteiger partial charge >= 0.3 is 6.09 Å². The van der Waals surface area contributed by atoms with Gasteiger partial charge in [-0.15, -0.1) is 11.6 Å². The summed E-state index contributed by atoms with van der Waals surface area (Å²) in [6, 6.07) is 26.0. The van der Waals surface area contributed by atoms with Gasteiger partial charge in [0.15, 0.2) is 0 Å². The summed E-state index contributed by atoms with van der Waals surface area (Å²) in [6.45, 7) is 9.26. The summed E-state index contributed by atoms with van der Waals surface area (Å²) in [4.78, 5) is 36.6. The minimum Gasteiger partial charge on any atom is -0.444 e. The first-order valence-corrected chi connectivity index (χ1v) is 16.8. The van der Waals surface area contributed by atoms with E-state index < -0.39 is 10.5 Å². The number of hydrogen-bond acceptors (Lipinski definition) is 8. The number of nitrogens with two attached hydrogens (primary N) is 1. The first-order chi connectivity index (χ1) is 24.0. The van der Waals surface area contributed by atoms with E-state index in [4.69, 9.17) is 27.1 Å². The molecule has 1 aliphatic heterocycles. The number of hydrogen-bond donors (Lipinski definition) is 1. The van der Waals surface area contributed by atoms with Crippen LogP contribution in [0.1, 0.15) is 32.2 Å². The average molecular weight is 695 g/mol. The number of carbonyl (C=O) groups is 1. The number of aromatic nitrogens is 4. The molecule has 7 rings (SSSR count). The van der Waals surface area contributed by atoms with E-state index in [9.17, 15) is 14.9 Å². The van der Waals surface area contributed by atoms with Crippen molar-refractivity contribution in [1.82, 2.24) is 28.6 Å². The molecule has 0 unspecified atom stereocenters. The summed E-state index contributed by atoms with van der Waals surface area (Å²) in [7, 11) is 0. The highest BCUT2D eigenvalue weighted by atomic mass is 35.5. The highest BCUT2D eigenvalue weighted by molar-refractivity contribution is 6.17. The molecule has 50 heavy (non-hydrogen) atoms. The van der Waals surface area contributed by atoms with Crippen molar-refractivity contribution in [1.29, 1.82) is 0 Å². The molecule has 13 heteroatoms. The zero-order chi connectivity index (χ0) is 35.4. The second-order valence-corrected chi connectivity index (χ2v) is 13.2. The number of pyridine rings is 2. The molecular formula is C37H39ClN8O4. The quantitative estimate of drug-likeness (QED) is 0.0831. The topological polar surface area (TPSA) is 137 Å². The van der Waals surface area contributed by atoms with Gasteiger partial charge < -0.3 is 24.2 Å². The molecule has 0 bridgehead atoms. The number of nitro benzene ring substituents is 1. The molecule has 0 atom stereocenters. The summed E-state index contributed by atoms with van der Waals surface area (Å²) < 4.78 is 9.48. The number of para-hydroxylation sites is 2. The minimum absolute atomic E-state index is 0.0299. The second-order valence-electron chi connectivity index (χ2n) is 12.9. The van der Waals surface area contributed by atoms with Crippen LogP contribution in [0.2, 0.25) is 0 Å². The van der Waals surface area contributed by atoms with Gasteiger partial charge in [0.2, 0.25) is 0 Å². The van der Waals surface area contributed by atoms with Gasteiger partial charge in [0.1, 0.15) is 22.6 Å². The number of nitrogen functional groups attached to an aromatic ring is 1.